The van der Waals surface area contributed by atoms with Gasteiger partial charge in [0, 0.05) is 28.2 Å². The van der Waals surface area contributed by atoms with Gasteiger partial charge in [0.1, 0.15) is 0 Å². The Morgan fingerprint density at radius 2 is 1.83 bits per heavy atom. The third-order valence-corrected chi connectivity index (χ3v) is 7.40. The van der Waals surface area contributed by atoms with Gasteiger partial charge in [0.15, 0.2) is 0 Å². The molecule has 1 nitrogen and oxygen atoms in total. The Morgan fingerprint density at radius 1 is 1.03 bits per heavy atom. The van der Waals surface area contributed by atoms with Crippen LogP contribution in [0.1, 0.15) is 88.1 Å². The van der Waals surface area contributed by atoms with Crippen molar-refractivity contribution >= 4 is 22.6 Å². The average Bonchev–Trinajstić information content (AvgIpc) is 3.22. The summed E-state index contributed by atoms with van der Waals surface area (Å²) < 4.78 is 0. The minimum absolute atomic E-state index is 0.467. The monoisotopic (exact) mass is 421 g/mol. The highest BCUT2D eigenvalue weighted by Crippen LogP contribution is 2.45. The fraction of sp³-hybridized carbons (Fsp3) is 0.500. The number of hydrogen-bond donors (Lipinski definition) is 0. The topological polar surface area (TPSA) is 3.24 Å². The zero-order valence-electron chi connectivity index (χ0n) is 19.3. The van der Waals surface area contributed by atoms with Gasteiger partial charge in [-0.15, -0.1) is 17.9 Å². The summed E-state index contributed by atoms with van der Waals surface area (Å²) >= 11 is 1.94. The summed E-state index contributed by atoms with van der Waals surface area (Å²) in [5.74, 6) is 0. The molecule has 2 aromatic rings. The molecule has 0 bridgehead atoms. The molecule has 0 aliphatic carbocycles. The van der Waals surface area contributed by atoms with Crippen molar-refractivity contribution in [3.05, 3.63) is 69.9 Å². The number of benzene rings is 1. The van der Waals surface area contributed by atoms with Crippen molar-refractivity contribution in [1.82, 2.24) is 0 Å². The van der Waals surface area contributed by atoms with Crippen LogP contribution in [-0.2, 0) is 6.42 Å². The molecule has 1 aliphatic rings. The fourth-order valence-corrected chi connectivity index (χ4v) is 5.84. The molecule has 0 N–H and O–H groups in total. The van der Waals surface area contributed by atoms with Crippen molar-refractivity contribution in [2.24, 2.45) is 0 Å². The molecule has 1 atom stereocenters. The summed E-state index contributed by atoms with van der Waals surface area (Å²) in [4.78, 5) is 4.19. The minimum Gasteiger partial charge on any atom is -0.364 e. The van der Waals surface area contributed by atoms with Gasteiger partial charge in [-0.3, -0.25) is 0 Å². The Balaban J connectivity index is 2.02. The number of thiophene rings is 1. The summed E-state index contributed by atoms with van der Waals surface area (Å²) in [6, 6.07) is 11.9. The number of allylic oxidation sites excluding steroid dienone is 1. The predicted molar refractivity (Wildman–Crippen MR) is 136 cm³/mol. The normalized spacial score (nSPS) is 16.1. The van der Waals surface area contributed by atoms with Gasteiger partial charge in [-0.05, 0) is 67.7 Å². The van der Waals surface area contributed by atoms with E-state index in [1.165, 1.54) is 66.6 Å². The zero-order chi connectivity index (χ0) is 21.3. The van der Waals surface area contributed by atoms with Gasteiger partial charge in [0.05, 0.1) is 6.04 Å². The van der Waals surface area contributed by atoms with Gasteiger partial charge >= 0.3 is 0 Å². The van der Waals surface area contributed by atoms with E-state index in [9.17, 15) is 0 Å². The van der Waals surface area contributed by atoms with E-state index in [1.807, 2.05) is 11.3 Å². The van der Waals surface area contributed by atoms with E-state index in [1.54, 1.807) is 11.1 Å². The number of unbranched alkanes of at least 4 members (excludes halogenated alkanes) is 4. The highest BCUT2D eigenvalue weighted by molar-refractivity contribution is 7.11. The van der Waals surface area contributed by atoms with Crippen LogP contribution in [0.3, 0.4) is 0 Å². The zero-order valence-corrected chi connectivity index (χ0v) is 20.1. The number of aryl methyl sites for hydroxylation is 1. The number of anilines is 1. The number of hydrogen-bond acceptors (Lipinski definition) is 2. The smallest absolute Gasteiger partial charge is 0.0512 e. The molecule has 1 aromatic heterocycles. The van der Waals surface area contributed by atoms with Gasteiger partial charge in [-0.2, -0.15) is 0 Å². The first kappa shape index (κ1) is 22.9. The Hall–Kier alpha value is -1.80. The van der Waals surface area contributed by atoms with Crippen LogP contribution < -0.4 is 4.90 Å². The predicted octanol–water partition coefficient (Wildman–Crippen LogP) is 8.65. The first-order valence-electron chi connectivity index (χ1n) is 12.0. The molecule has 1 unspecified atom stereocenters. The molecule has 0 amide bonds. The van der Waals surface area contributed by atoms with E-state index < -0.39 is 0 Å². The van der Waals surface area contributed by atoms with E-state index in [2.05, 4.69) is 74.0 Å². The Kier molecular flexibility index (Phi) is 8.81. The van der Waals surface area contributed by atoms with Gasteiger partial charge in [0.2, 0.25) is 0 Å². The summed E-state index contributed by atoms with van der Waals surface area (Å²) in [5.41, 5.74) is 7.45. The largest absolute Gasteiger partial charge is 0.364 e. The van der Waals surface area contributed by atoms with Crippen molar-refractivity contribution in [3.8, 4) is 0 Å². The molecule has 0 saturated heterocycles. The van der Waals surface area contributed by atoms with Crippen LogP contribution in [0, 0.1) is 0 Å². The quantitative estimate of drug-likeness (QED) is 0.245. The molecule has 2 heteroatoms. The van der Waals surface area contributed by atoms with Crippen LogP contribution in [0.2, 0.25) is 0 Å². The number of fused-ring (bicyclic) bond motifs is 1. The van der Waals surface area contributed by atoms with E-state index in [4.69, 9.17) is 0 Å². The fourth-order valence-electron chi connectivity index (χ4n) is 4.76. The highest BCUT2D eigenvalue weighted by atomic mass is 32.1. The van der Waals surface area contributed by atoms with Crippen LogP contribution in [-0.4, -0.2) is 12.6 Å². The summed E-state index contributed by atoms with van der Waals surface area (Å²) in [6.45, 7) is 12.1. The third kappa shape index (κ3) is 5.09. The molecular weight excluding hydrogens is 382 g/mol. The standard InChI is InChI=1S/C28H39NS/c1-5-8-11-12-15-23-19-21-30-28(23)27-22(4)25(17-9-6-2)29(20-10-7-3)26-18-14-13-16-24(26)27/h6,13-14,16,18-19,21,25H,2,5,7-12,15,17,20H2,1,3-4H3. The summed E-state index contributed by atoms with van der Waals surface area (Å²) in [6.07, 6.45) is 13.2. The van der Waals surface area contributed by atoms with E-state index in [-0.39, 0.29) is 0 Å². The van der Waals surface area contributed by atoms with Crippen molar-refractivity contribution in [1.29, 1.82) is 0 Å². The average molecular weight is 422 g/mol. The molecular formula is C28H39NS. The minimum atomic E-state index is 0.467. The third-order valence-electron chi connectivity index (χ3n) is 6.42. The van der Waals surface area contributed by atoms with Crippen LogP contribution in [0.4, 0.5) is 5.69 Å². The molecule has 30 heavy (non-hydrogen) atoms. The van der Waals surface area contributed by atoms with Gasteiger partial charge in [0.25, 0.3) is 0 Å². The lowest BCUT2D eigenvalue weighted by molar-refractivity contribution is 0.591. The van der Waals surface area contributed by atoms with E-state index in [0.29, 0.717) is 6.04 Å². The first-order chi connectivity index (χ1) is 14.7. The Morgan fingerprint density at radius 3 is 2.60 bits per heavy atom. The summed E-state index contributed by atoms with van der Waals surface area (Å²) in [5, 5.41) is 2.30. The van der Waals surface area contributed by atoms with Gasteiger partial charge in [-0.1, -0.05) is 63.8 Å². The highest BCUT2D eigenvalue weighted by Gasteiger charge is 2.31. The first-order valence-corrected chi connectivity index (χ1v) is 12.8. The second-order valence-corrected chi connectivity index (χ2v) is 9.51. The molecule has 1 aliphatic heterocycles. The van der Waals surface area contributed by atoms with Crippen molar-refractivity contribution < 1.29 is 0 Å². The molecule has 0 fully saturated rings. The van der Waals surface area contributed by atoms with Crippen molar-refractivity contribution in [2.45, 2.75) is 84.6 Å². The maximum atomic E-state index is 4.00. The van der Waals surface area contributed by atoms with Crippen LogP contribution >= 0.6 is 11.3 Å². The van der Waals surface area contributed by atoms with Crippen LogP contribution in [0.15, 0.2) is 53.9 Å². The summed E-state index contributed by atoms with van der Waals surface area (Å²) in [7, 11) is 0. The Labute approximate surface area is 188 Å². The maximum absolute atomic E-state index is 4.00. The van der Waals surface area contributed by atoms with Gasteiger partial charge < -0.3 is 4.90 Å². The molecule has 0 radical (unpaired) electrons. The lowest BCUT2D eigenvalue weighted by Gasteiger charge is -2.41. The van der Waals surface area contributed by atoms with Crippen molar-refractivity contribution in [3.63, 3.8) is 0 Å². The lowest BCUT2D eigenvalue weighted by atomic mass is 9.84. The number of nitrogens with zero attached hydrogens (tertiary/aromatic N) is 1. The van der Waals surface area contributed by atoms with E-state index >= 15 is 0 Å². The molecule has 0 saturated carbocycles. The maximum Gasteiger partial charge on any atom is 0.0512 e. The second-order valence-electron chi connectivity index (χ2n) is 8.59. The molecule has 3 rings (SSSR count). The lowest BCUT2D eigenvalue weighted by Crippen LogP contribution is -2.40. The molecule has 0 spiro atoms. The SMILES string of the molecule is C=CCCC1C(C)=C(c2sccc2CCCCCC)c2ccccc2N1CCCC. The number of rotatable bonds is 12. The second kappa shape index (κ2) is 11.6. The van der Waals surface area contributed by atoms with Crippen LogP contribution in [0.5, 0.6) is 0 Å². The Bertz CT molecular complexity index is 844. The van der Waals surface area contributed by atoms with Crippen LogP contribution in [0.25, 0.3) is 5.57 Å². The van der Waals surface area contributed by atoms with E-state index in [0.717, 1.165) is 19.4 Å². The molecule has 1 aromatic carbocycles. The molecule has 2 heterocycles. The number of para-hydroxylation sites is 1. The van der Waals surface area contributed by atoms with Crippen molar-refractivity contribution in [2.75, 3.05) is 11.4 Å². The molecule has 162 valence electrons. The van der Waals surface area contributed by atoms with Gasteiger partial charge in [-0.25, -0.2) is 0 Å².